The Morgan fingerprint density at radius 2 is 1.00 bits per heavy atom. The molecule has 17 heavy (non-hydrogen) atoms. The summed E-state index contributed by atoms with van der Waals surface area (Å²) in [5.41, 5.74) is 8.29. The number of fused-ring (bicyclic) bond motifs is 3. The molecule has 0 heterocycles. The van der Waals surface area contributed by atoms with Gasteiger partial charge in [-0.05, 0) is 41.7 Å². The van der Waals surface area contributed by atoms with Crippen molar-refractivity contribution in [3.63, 3.8) is 0 Å². The maximum absolute atomic E-state index is 2.22. The molecule has 0 saturated heterocycles. The molecule has 2 aromatic rings. The fourth-order valence-electron chi connectivity index (χ4n) is 2.56. The lowest BCUT2D eigenvalue weighted by Gasteiger charge is -2.04. The minimum atomic E-state index is 0. The van der Waals surface area contributed by atoms with Gasteiger partial charge in [-0.15, -0.1) is 0 Å². The molecule has 0 aromatic heterocycles. The first-order chi connectivity index (χ1) is 7.79. The first-order valence-corrected chi connectivity index (χ1v) is 5.65. The monoisotopic (exact) mass is 222 g/mol. The Hall–Kier alpha value is -1.82. The van der Waals surface area contributed by atoms with Crippen LogP contribution in [-0.2, 0) is 0 Å². The summed E-state index contributed by atoms with van der Waals surface area (Å²) in [6.45, 7) is 4.38. The molecule has 0 aliphatic heterocycles. The zero-order valence-corrected chi connectivity index (χ0v) is 9.62. The van der Waals surface area contributed by atoms with Crippen LogP contribution in [0.1, 0.15) is 32.4 Å². The molecule has 86 valence electrons. The van der Waals surface area contributed by atoms with E-state index in [9.17, 15) is 0 Å². The van der Waals surface area contributed by atoms with Gasteiger partial charge < -0.3 is 0 Å². The lowest BCUT2D eigenvalue weighted by Crippen LogP contribution is -1.83. The number of rotatable bonds is 0. The molecule has 0 unspecified atom stereocenters. The second-order valence-electron chi connectivity index (χ2n) is 4.47. The van der Waals surface area contributed by atoms with E-state index in [1.807, 2.05) is 0 Å². The number of hydrogen-bond acceptors (Lipinski definition) is 0. The van der Waals surface area contributed by atoms with Crippen LogP contribution in [0.5, 0.6) is 0 Å². The van der Waals surface area contributed by atoms with Crippen LogP contribution in [0.25, 0.3) is 16.7 Å². The van der Waals surface area contributed by atoms with Crippen LogP contribution < -0.4 is 0 Å². The molecule has 0 amide bonds. The maximum atomic E-state index is 2.22. The van der Waals surface area contributed by atoms with Crippen molar-refractivity contribution < 1.29 is 0 Å². The second-order valence-corrected chi connectivity index (χ2v) is 4.47. The predicted molar refractivity (Wildman–Crippen MR) is 76.0 cm³/mol. The fraction of sp³-hybridized carbons (Fsp3) is 0.176. The Bertz CT molecular complexity index is 537. The van der Waals surface area contributed by atoms with Crippen molar-refractivity contribution in [1.82, 2.24) is 0 Å². The van der Waals surface area contributed by atoms with Crippen molar-refractivity contribution in [3.8, 4) is 11.1 Å². The van der Waals surface area contributed by atoms with E-state index in [1.54, 1.807) is 0 Å². The molecule has 0 N–H and O–H groups in total. The average Bonchev–Trinajstić information content (AvgIpc) is 2.63. The average molecular weight is 222 g/mol. The van der Waals surface area contributed by atoms with Crippen LogP contribution in [-0.4, -0.2) is 0 Å². The Morgan fingerprint density at radius 3 is 1.35 bits per heavy atom. The van der Waals surface area contributed by atoms with E-state index in [-0.39, 0.29) is 7.43 Å². The van der Waals surface area contributed by atoms with Crippen LogP contribution in [0.2, 0.25) is 0 Å². The third-order valence-corrected chi connectivity index (χ3v) is 3.18. The van der Waals surface area contributed by atoms with Crippen molar-refractivity contribution in [2.24, 2.45) is 0 Å². The first kappa shape index (κ1) is 11.7. The Kier molecular flexibility index (Phi) is 2.89. The van der Waals surface area contributed by atoms with Crippen molar-refractivity contribution >= 4 is 5.57 Å². The van der Waals surface area contributed by atoms with Gasteiger partial charge in [-0.1, -0.05) is 61.5 Å². The summed E-state index contributed by atoms with van der Waals surface area (Å²) in [5, 5.41) is 0. The summed E-state index contributed by atoms with van der Waals surface area (Å²) >= 11 is 0. The molecular formula is C17H18. The predicted octanol–water partition coefficient (Wildman–Crippen LogP) is 5.14. The molecule has 0 nitrogen and oxygen atoms in total. The number of benzene rings is 2. The Morgan fingerprint density at radius 1 is 0.647 bits per heavy atom. The second kappa shape index (κ2) is 4.21. The minimum Gasteiger partial charge on any atom is -0.0776 e. The lowest BCUT2D eigenvalue weighted by atomic mass is 10.00. The molecule has 0 spiro atoms. The lowest BCUT2D eigenvalue weighted by molar-refractivity contribution is 1.39. The standard InChI is InChI=1S/C16H14.CH4/c1-11(2)16-14-9-5-3-7-12(14)13-8-4-6-10-15(13)16;/h3-10H,1-2H3;1H4. The van der Waals surface area contributed by atoms with Crippen LogP contribution in [0.15, 0.2) is 54.1 Å². The normalized spacial score (nSPS) is 11.5. The zero-order valence-electron chi connectivity index (χ0n) is 9.62. The molecule has 0 saturated carbocycles. The van der Waals surface area contributed by atoms with Crippen LogP contribution in [0.4, 0.5) is 0 Å². The molecule has 3 rings (SSSR count). The highest BCUT2D eigenvalue weighted by atomic mass is 14.3. The topological polar surface area (TPSA) is 0 Å². The highest BCUT2D eigenvalue weighted by Crippen LogP contribution is 2.44. The highest BCUT2D eigenvalue weighted by molar-refractivity contribution is 6.01. The molecule has 1 aliphatic rings. The van der Waals surface area contributed by atoms with Gasteiger partial charge in [0, 0.05) is 0 Å². The van der Waals surface area contributed by atoms with Crippen molar-refractivity contribution in [1.29, 1.82) is 0 Å². The van der Waals surface area contributed by atoms with E-state index in [0.29, 0.717) is 0 Å². The number of hydrogen-bond donors (Lipinski definition) is 0. The van der Waals surface area contributed by atoms with E-state index in [0.717, 1.165) is 0 Å². The Labute approximate surface area is 104 Å². The maximum Gasteiger partial charge on any atom is -0.00990 e. The molecule has 0 atom stereocenters. The van der Waals surface area contributed by atoms with Crippen molar-refractivity contribution in [2.75, 3.05) is 0 Å². The van der Waals surface area contributed by atoms with Gasteiger partial charge in [0.25, 0.3) is 0 Å². The van der Waals surface area contributed by atoms with E-state index < -0.39 is 0 Å². The van der Waals surface area contributed by atoms with Gasteiger partial charge in [0.15, 0.2) is 0 Å². The summed E-state index contributed by atoms with van der Waals surface area (Å²) in [7, 11) is 0. The van der Waals surface area contributed by atoms with E-state index in [1.165, 1.54) is 33.4 Å². The van der Waals surface area contributed by atoms with Gasteiger partial charge in [0.2, 0.25) is 0 Å². The minimum absolute atomic E-state index is 0. The zero-order chi connectivity index (χ0) is 11.1. The van der Waals surface area contributed by atoms with Gasteiger partial charge in [0.05, 0.1) is 0 Å². The van der Waals surface area contributed by atoms with E-state index in [2.05, 4.69) is 62.4 Å². The molecule has 0 radical (unpaired) electrons. The van der Waals surface area contributed by atoms with Gasteiger partial charge in [-0.3, -0.25) is 0 Å². The van der Waals surface area contributed by atoms with Crippen LogP contribution in [0.3, 0.4) is 0 Å². The SMILES string of the molecule is C.CC(C)=C1c2ccccc2-c2ccccc21. The third-order valence-electron chi connectivity index (χ3n) is 3.18. The van der Waals surface area contributed by atoms with Crippen LogP contribution in [0, 0.1) is 0 Å². The molecule has 0 fully saturated rings. The molecule has 2 aromatic carbocycles. The van der Waals surface area contributed by atoms with Crippen LogP contribution >= 0.6 is 0 Å². The van der Waals surface area contributed by atoms with Crippen molar-refractivity contribution in [2.45, 2.75) is 21.3 Å². The van der Waals surface area contributed by atoms with Gasteiger partial charge in [0.1, 0.15) is 0 Å². The highest BCUT2D eigenvalue weighted by Gasteiger charge is 2.22. The van der Waals surface area contributed by atoms with Gasteiger partial charge in [-0.2, -0.15) is 0 Å². The fourth-order valence-corrected chi connectivity index (χ4v) is 2.56. The third kappa shape index (κ3) is 1.61. The Balaban J connectivity index is 0.00000108. The van der Waals surface area contributed by atoms with Crippen molar-refractivity contribution in [3.05, 3.63) is 65.2 Å². The summed E-state index contributed by atoms with van der Waals surface area (Å²) in [6.07, 6.45) is 0. The molecule has 1 aliphatic carbocycles. The largest absolute Gasteiger partial charge is 0.0776 e. The van der Waals surface area contributed by atoms with Gasteiger partial charge in [-0.25, -0.2) is 0 Å². The first-order valence-electron chi connectivity index (χ1n) is 5.65. The summed E-state index contributed by atoms with van der Waals surface area (Å²) in [6, 6.07) is 17.3. The summed E-state index contributed by atoms with van der Waals surface area (Å²) < 4.78 is 0. The number of allylic oxidation sites excluding steroid dienone is 1. The van der Waals surface area contributed by atoms with E-state index >= 15 is 0 Å². The smallest absolute Gasteiger partial charge is 0.00990 e. The summed E-state index contributed by atoms with van der Waals surface area (Å²) in [4.78, 5) is 0. The van der Waals surface area contributed by atoms with Gasteiger partial charge >= 0.3 is 0 Å². The molecular weight excluding hydrogens is 204 g/mol. The summed E-state index contributed by atoms with van der Waals surface area (Å²) in [5.74, 6) is 0. The molecule has 0 bridgehead atoms. The van der Waals surface area contributed by atoms with E-state index in [4.69, 9.17) is 0 Å². The quantitative estimate of drug-likeness (QED) is 0.493. The molecule has 0 heteroatoms.